The van der Waals surface area contributed by atoms with Gasteiger partial charge in [0.2, 0.25) is 5.76 Å². The third-order valence-corrected chi connectivity index (χ3v) is 3.55. The Kier molecular flexibility index (Phi) is 4.42. The van der Waals surface area contributed by atoms with E-state index in [-0.39, 0.29) is 29.6 Å². The molecule has 0 saturated carbocycles. The highest BCUT2D eigenvalue weighted by molar-refractivity contribution is 6.02. The summed E-state index contributed by atoms with van der Waals surface area (Å²) in [5.74, 6) is -0.978. The zero-order chi connectivity index (χ0) is 18.0. The van der Waals surface area contributed by atoms with Gasteiger partial charge in [-0.2, -0.15) is 0 Å². The largest absolute Gasteiger partial charge is 0.478 e. The Hall–Kier alpha value is -3.29. The lowest BCUT2D eigenvalue weighted by molar-refractivity contribution is -0.122. The van der Waals surface area contributed by atoms with Crippen LogP contribution in [0, 0.1) is 0 Å². The van der Waals surface area contributed by atoms with E-state index < -0.39 is 18.0 Å². The molecule has 1 amide bonds. The lowest BCUT2D eigenvalue weighted by atomic mass is 10.1. The van der Waals surface area contributed by atoms with E-state index in [1.165, 1.54) is 25.3 Å². The molecule has 1 aliphatic rings. The van der Waals surface area contributed by atoms with Crippen molar-refractivity contribution in [2.24, 2.45) is 0 Å². The zero-order valence-corrected chi connectivity index (χ0v) is 13.5. The number of amides is 1. The molecule has 0 radical (unpaired) electrons. The number of esters is 2. The molecular formula is C17H15NO7. The molecule has 0 saturated heterocycles. The normalized spacial score (nSPS) is 15.6. The van der Waals surface area contributed by atoms with Crippen LogP contribution in [-0.2, 0) is 20.9 Å². The van der Waals surface area contributed by atoms with Crippen LogP contribution in [0.5, 0.6) is 5.75 Å². The Balaban J connectivity index is 1.72. The number of para-hydroxylation sites is 1. The quantitative estimate of drug-likeness (QED) is 0.847. The molecule has 130 valence electrons. The highest BCUT2D eigenvalue weighted by Crippen LogP contribution is 2.33. The van der Waals surface area contributed by atoms with Crippen molar-refractivity contribution in [1.29, 1.82) is 0 Å². The van der Waals surface area contributed by atoms with E-state index in [0.717, 1.165) is 0 Å². The van der Waals surface area contributed by atoms with Crippen LogP contribution in [0.3, 0.4) is 0 Å². The van der Waals surface area contributed by atoms with Crippen LogP contribution in [0.15, 0.2) is 34.7 Å². The monoisotopic (exact) mass is 345 g/mol. The Morgan fingerprint density at radius 3 is 2.76 bits per heavy atom. The molecule has 2 aromatic rings. The summed E-state index contributed by atoms with van der Waals surface area (Å²) in [6.45, 7) is 1.42. The first kappa shape index (κ1) is 16.6. The van der Waals surface area contributed by atoms with Crippen molar-refractivity contribution in [2.75, 3.05) is 12.4 Å². The minimum Gasteiger partial charge on any atom is -0.478 e. The van der Waals surface area contributed by atoms with Crippen LogP contribution in [0.2, 0.25) is 0 Å². The third-order valence-electron chi connectivity index (χ3n) is 3.55. The SMILES string of the molecule is COC(=O)c1ccc(COC(=O)c2cccc3c2O[C@@H](C)C(=O)N3)o1. The van der Waals surface area contributed by atoms with E-state index >= 15 is 0 Å². The van der Waals surface area contributed by atoms with E-state index in [1.54, 1.807) is 19.1 Å². The van der Waals surface area contributed by atoms with Crippen molar-refractivity contribution in [2.45, 2.75) is 19.6 Å². The number of anilines is 1. The van der Waals surface area contributed by atoms with E-state index in [4.69, 9.17) is 13.9 Å². The zero-order valence-electron chi connectivity index (χ0n) is 13.5. The molecule has 0 aliphatic carbocycles. The first-order chi connectivity index (χ1) is 12.0. The number of nitrogens with one attached hydrogen (secondary N) is 1. The van der Waals surface area contributed by atoms with E-state index in [2.05, 4.69) is 10.1 Å². The topological polar surface area (TPSA) is 104 Å². The van der Waals surface area contributed by atoms with Gasteiger partial charge in [0.1, 0.15) is 17.9 Å². The van der Waals surface area contributed by atoms with Crippen LogP contribution in [0.4, 0.5) is 5.69 Å². The van der Waals surface area contributed by atoms with Gasteiger partial charge in [0.15, 0.2) is 11.9 Å². The molecule has 8 heteroatoms. The van der Waals surface area contributed by atoms with E-state index in [1.807, 2.05) is 0 Å². The molecule has 1 atom stereocenters. The van der Waals surface area contributed by atoms with E-state index in [9.17, 15) is 14.4 Å². The molecular weight excluding hydrogens is 330 g/mol. The predicted octanol–water partition coefficient (Wildman–Crippen LogP) is 2.14. The highest BCUT2D eigenvalue weighted by atomic mass is 16.6. The van der Waals surface area contributed by atoms with Crippen molar-refractivity contribution in [1.82, 2.24) is 0 Å². The van der Waals surface area contributed by atoms with Gasteiger partial charge in [-0.1, -0.05) is 6.07 Å². The van der Waals surface area contributed by atoms with Crippen LogP contribution >= 0.6 is 0 Å². The van der Waals surface area contributed by atoms with Gasteiger partial charge >= 0.3 is 11.9 Å². The molecule has 0 spiro atoms. The Morgan fingerprint density at radius 1 is 1.20 bits per heavy atom. The van der Waals surface area contributed by atoms with Gasteiger partial charge in [-0.3, -0.25) is 4.79 Å². The molecule has 1 aliphatic heterocycles. The summed E-state index contributed by atoms with van der Waals surface area (Å²) >= 11 is 0. The van der Waals surface area contributed by atoms with Crippen molar-refractivity contribution in [3.05, 3.63) is 47.4 Å². The Labute approximate surface area is 142 Å². The number of carbonyl (C=O) groups is 3. The molecule has 1 aromatic carbocycles. The second-order valence-electron chi connectivity index (χ2n) is 5.27. The molecule has 8 nitrogen and oxygen atoms in total. The Morgan fingerprint density at radius 2 is 2.00 bits per heavy atom. The average molecular weight is 345 g/mol. The maximum atomic E-state index is 12.3. The van der Waals surface area contributed by atoms with Crippen LogP contribution in [0.25, 0.3) is 0 Å². The van der Waals surface area contributed by atoms with Crippen molar-refractivity contribution >= 4 is 23.5 Å². The first-order valence-electron chi connectivity index (χ1n) is 7.44. The second kappa shape index (κ2) is 6.68. The number of fused-ring (bicyclic) bond motifs is 1. The number of carbonyl (C=O) groups excluding carboxylic acids is 3. The average Bonchev–Trinajstić information content (AvgIpc) is 3.08. The number of benzene rings is 1. The lowest BCUT2D eigenvalue weighted by Gasteiger charge is -2.24. The standard InChI is InChI=1S/C17H15NO7/c1-9-15(19)18-12-5-3-4-11(14(12)24-9)16(20)23-8-10-6-7-13(25-10)17(21)22-2/h3-7,9H,8H2,1-2H3,(H,18,19)/t9-/m0/s1. The third kappa shape index (κ3) is 3.32. The minimum atomic E-state index is -0.714. The van der Waals surface area contributed by atoms with Crippen LogP contribution in [-0.4, -0.2) is 31.1 Å². The van der Waals surface area contributed by atoms with Gasteiger partial charge in [-0.15, -0.1) is 0 Å². The predicted molar refractivity (Wildman–Crippen MR) is 84.3 cm³/mol. The smallest absolute Gasteiger partial charge is 0.373 e. The number of hydrogen-bond donors (Lipinski definition) is 1. The number of ether oxygens (including phenoxy) is 3. The van der Waals surface area contributed by atoms with Gasteiger partial charge < -0.3 is 23.9 Å². The fourth-order valence-corrected chi connectivity index (χ4v) is 2.27. The fourth-order valence-electron chi connectivity index (χ4n) is 2.27. The lowest BCUT2D eigenvalue weighted by Crippen LogP contribution is -2.35. The molecule has 0 fully saturated rings. The van der Waals surface area contributed by atoms with Gasteiger partial charge in [0, 0.05) is 0 Å². The minimum absolute atomic E-state index is 0.0190. The first-order valence-corrected chi connectivity index (χ1v) is 7.44. The molecule has 1 aromatic heterocycles. The summed E-state index contributed by atoms with van der Waals surface area (Å²) in [7, 11) is 1.24. The van der Waals surface area contributed by atoms with Gasteiger partial charge in [0.25, 0.3) is 5.91 Å². The maximum Gasteiger partial charge on any atom is 0.373 e. The summed E-state index contributed by atoms with van der Waals surface area (Å²) in [5.41, 5.74) is 0.590. The van der Waals surface area contributed by atoms with Gasteiger partial charge in [-0.05, 0) is 31.2 Å². The highest BCUT2D eigenvalue weighted by Gasteiger charge is 2.28. The summed E-state index contributed by atoms with van der Waals surface area (Å²) in [5, 5.41) is 2.66. The van der Waals surface area contributed by atoms with Gasteiger partial charge in [0.05, 0.1) is 12.8 Å². The molecule has 2 heterocycles. The van der Waals surface area contributed by atoms with Crippen LogP contribution in [0.1, 0.15) is 33.6 Å². The maximum absolute atomic E-state index is 12.3. The Bertz CT molecular complexity index is 839. The number of hydrogen-bond acceptors (Lipinski definition) is 7. The summed E-state index contributed by atoms with van der Waals surface area (Å²) in [6.07, 6.45) is -0.714. The second-order valence-corrected chi connectivity index (χ2v) is 5.27. The molecule has 0 unspecified atom stereocenters. The summed E-state index contributed by atoms with van der Waals surface area (Å²) in [4.78, 5) is 35.3. The summed E-state index contributed by atoms with van der Waals surface area (Å²) in [6, 6.07) is 7.72. The van der Waals surface area contributed by atoms with Crippen molar-refractivity contribution < 1.29 is 33.0 Å². The van der Waals surface area contributed by atoms with Crippen LogP contribution < -0.4 is 10.1 Å². The number of methoxy groups -OCH3 is 1. The summed E-state index contributed by atoms with van der Waals surface area (Å²) < 4.78 is 20.5. The fraction of sp³-hybridized carbons (Fsp3) is 0.235. The molecule has 3 rings (SSSR count). The van der Waals surface area contributed by atoms with Crippen molar-refractivity contribution in [3.63, 3.8) is 0 Å². The van der Waals surface area contributed by atoms with E-state index in [0.29, 0.717) is 11.4 Å². The van der Waals surface area contributed by atoms with Gasteiger partial charge in [-0.25, -0.2) is 9.59 Å². The molecule has 0 bridgehead atoms. The molecule has 1 N–H and O–H groups in total. The number of furan rings is 1. The number of rotatable bonds is 4. The van der Waals surface area contributed by atoms with Crippen molar-refractivity contribution in [3.8, 4) is 5.75 Å². The molecule has 25 heavy (non-hydrogen) atoms.